The van der Waals surface area contributed by atoms with Crippen LogP contribution in [0.5, 0.6) is 0 Å². The first-order chi connectivity index (χ1) is 10.0. The molecule has 2 N–H and O–H groups in total. The molecule has 5 nitrogen and oxygen atoms in total. The lowest BCUT2D eigenvalue weighted by Gasteiger charge is -2.36. The van der Waals surface area contributed by atoms with Crippen molar-refractivity contribution in [2.24, 2.45) is 11.7 Å². The molecule has 2 rings (SSSR count). The number of benzene rings is 1. The number of hydrogen-bond donors (Lipinski definition) is 1. The van der Waals surface area contributed by atoms with Crippen molar-refractivity contribution >= 4 is 24.2 Å². The van der Waals surface area contributed by atoms with Crippen molar-refractivity contribution in [2.45, 2.75) is 19.9 Å². The molecule has 1 fully saturated rings. The smallest absolute Gasteiger partial charge is 0.227 e. The van der Waals surface area contributed by atoms with Crippen LogP contribution in [0.3, 0.4) is 0 Å². The second-order valence-corrected chi connectivity index (χ2v) is 5.56. The lowest BCUT2D eigenvalue weighted by Crippen LogP contribution is -2.52. The zero-order valence-electron chi connectivity index (χ0n) is 13.1. The summed E-state index contributed by atoms with van der Waals surface area (Å²) < 4.78 is 0. The van der Waals surface area contributed by atoms with Crippen molar-refractivity contribution in [2.75, 3.05) is 26.2 Å². The van der Waals surface area contributed by atoms with Gasteiger partial charge in [-0.1, -0.05) is 37.3 Å². The van der Waals surface area contributed by atoms with E-state index in [1.165, 1.54) is 0 Å². The summed E-state index contributed by atoms with van der Waals surface area (Å²) in [4.78, 5) is 27.4. The van der Waals surface area contributed by atoms with Gasteiger partial charge in [0.25, 0.3) is 0 Å². The molecule has 1 saturated heterocycles. The van der Waals surface area contributed by atoms with Gasteiger partial charge in [-0.15, -0.1) is 12.4 Å². The number of nitrogens with zero attached hydrogens (tertiary/aromatic N) is 2. The van der Waals surface area contributed by atoms with Gasteiger partial charge in [-0.3, -0.25) is 9.59 Å². The zero-order chi connectivity index (χ0) is 15.4. The maximum atomic E-state index is 12.5. The molecule has 0 aromatic heterocycles. The molecule has 2 amide bonds. The minimum absolute atomic E-state index is 0. The Bertz CT molecular complexity index is 501. The van der Waals surface area contributed by atoms with Gasteiger partial charge >= 0.3 is 0 Å². The third kappa shape index (κ3) is 4.21. The van der Waals surface area contributed by atoms with E-state index in [0.717, 1.165) is 5.56 Å². The Morgan fingerprint density at radius 1 is 1.05 bits per heavy atom. The maximum Gasteiger partial charge on any atom is 0.227 e. The van der Waals surface area contributed by atoms with Gasteiger partial charge in [-0.05, 0) is 5.56 Å². The van der Waals surface area contributed by atoms with Gasteiger partial charge in [0.1, 0.15) is 0 Å². The van der Waals surface area contributed by atoms with E-state index in [4.69, 9.17) is 5.73 Å². The highest BCUT2D eigenvalue weighted by Crippen LogP contribution is 2.21. The minimum Gasteiger partial charge on any atom is -0.339 e. The van der Waals surface area contributed by atoms with Gasteiger partial charge in [0.2, 0.25) is 11.8 Å². The molecular weight excluding hydrogens is 302 g/mol. The van der Waals surface area contributed by atoms with Crippen LogP contribution in [-0.4, -0.2) is 47.8 Å². The van der Waals surface area contributed by atoms with E-state index in [2.05, 4.69) is 0 Å². The van der Waals surface area contributed by atoms with E-state index >= 15 is 0 Å². The molecule has 1 aliphatic heterocycles. The first-order valence-corrected chi connectivity index (χ1v) is 7.35. The third-order valence-corrected chi connectivity index (χ3v) is 4.15. The minimum atomic E-state index is -0.301. The third-order valence-electron chi connectivity index (χ3n) is 4.15. The summed E-state index contributed by atoms with van der Waals surface area (Å²) >= 11 is 0. The van der Waals surface area contributed by atoms with Gasteiger partial charge < -0.3 is 15.5 Å². The summed E-state index contributed by atoms with van der Waals surface area (Å²) in [6, 6.07) is 9.38. The second kappa shape index (κ2) is 8.15. The average molecular weight is 326 g/mol. The number of rotatable bonds is 3. The number of piperazine rings is 1. The molecule has 0 radical (unpaired) electrons. The van der Waals surface area contributed by atoms with Crippen LogP contribution in [0.4, 0.5) is 0 Å². The van der Waals surface area contributed by atoms with Crippen molar-refractivity contribution in [3.63, 3.8) is 0 Å². The van der Waals surface area contributed by atoms with Gasteiger partial charge in [0.05, 0.1) is 5.92 Å². The van der Waals surface area contributed by atoms with E-state index in [-0.39, 0.29) is 36.2 Å². The normalized spacial score (nSPS) is 17.4. The molecule has 0 aliphatic carbocycles. The van der Waals surface area contributed by atoms with Crippen LogP contribution in [-0.2, 0) is 9.59 Å². The highest BCUT2D eigenvalue weighted by Gasteiger charge is 2.29. The molecule has 1 heterocycles. The Hall–Kier alpha value is -1.59. The molecule has 0 spiro atoms. The molecule has 1 aromatic rings. The summed E-state index contributed by atoms with van der Waals surface area (Å²) in [5, 5.41) is 0. The number of amides is 2. The predicted molar refractivity (Wildman–Crippen MR) is 88.6 cm³/mol. The zero-order valence-corrected chi connectivity index (χ0v) is 13.9. The highest BCUT2D eigenvalue weighted by atomic mass is 35.5. The van der Waals surface area contributed by atoms with Crippen LogP contribution in [0.25, 0.3) is 0 Å². The van der Waals surface area contributed by atoms with Crippen LogP contribution in [0, 0.1) is 5.92 Å². The van der Waals surface area contributed by atoms with Crippen LogP contribution in [0.1, 0.15) is 25.5 Å². The lowest BCUT2D eigenvalue weighted by molar-refractivity contribution is -0.141. The Kier molecular flexibility index (Phi) is 6.84. The maximum absolute atomic E-state index is 12.5. The van der Waals surface area contributed by atoms with E-state index in [1.54, 1.807) is 11.8 Å². The fraction of sp³-hybridized carbons (Fsp3) is 0.500. The Balaban J connectivity index is 0.00000242. The van der Waals surface area contributed by atoms with Crippen LogP contribution in [0.15, 0.2) is 30.3 Å². The summed E-state index contributed by atoms with van der Waals surface area (Å²) in [6.45, 7) is 5.82. The first-order valence-electron chi connectivity index (χ1n) is 7.35. The summed E-state index contributed by atoms with van der Waals surface area (Å²) in [5.74, 6) is -0.137. The Morgan fingerprint density at radius 3 is 2.05 bits per heavy atom. The molecule has 2 atom stereocenters. The molecule has 0 bridgehead atoms. The molecular formula is C16H24ClN3O2. The molecule has 22 heavy (non-hydrogen) atoms. The van der Waals surface area contributed by atoms with Crippen LogP contribution in [0.2, 0.25) is 0 Å². The number of halogens is 1. The molecule has 1 aliphatic rings. The van der Waals surface area contributed by atoms with Crippen molar-refractivity contribution in [3.05, 3.63) is 35.9 Å². The van der Waals surface area contributed by atoms with Crippen molar-refractivity contribution < 1.29 is 9.59 Å². The van der Waals surface area contributed by atoms with Gasteiger partial charge in [0, 0.05) is 39.1 Å². The van der Waals surface area contributed by atoms with Crippen molar-refractivity contribution in [3.8, 4) is 0 Å². The number of carbonyl (C=O) groups is 2. The first kappa shape index (κ1) is 18.5. The quantitative estimate of drug-likeness (QED) is 0.914. The van der Waals surface area contributed by atoms with Gasteiger partial charge in [-0.25, -0.2) is 0 Å². The Labute approximate surface area is 137 Å². The molecule has 0 saturated carbocycles. The van der Waals surface area contributed by atoms with E-state index in [1.807, 2.05) is 42.2 Å². The summed E-state index contributed by atoms with van der Waals surface area (Å²) in [5.41, 5.74) is 7.18. The van der Waals surface area contributed by atoms with E-state index in [9.17, 15) is 9.59 Å². The van der Waals surface area contributed by atoms with Crippen LogP contribution < -0.4 is 5.73 Å². The number of nitrogens with two attached hydrogens (primary N) is 1. The predicted octanol–water partition coefficient (Wildman–Crippen LogP) is 1.44. The van der Waals surface area contributed by atoms with E-state index in [0.29, 0.717) is 26.2 Å². The largest absolute Gasteiger partial charge is 0.339 e. The van der Waals surface area contributed by atoms with Gasteiger partial charge in [-0.2, -0.15) is 0 Å². The molecule has 1 aromatic carbocycles. The van der Waals surface area contributed by atoms with Crippen molar-refractivity contribution in [1.82, 2.24) is 9.80 Å². The van der Waals surface area contributed by atoms with Gasteiger partial charge in [0.15, 0.2) is 0 Å². The standard InChI is InChI=1S/C16H23N3O2.ClH/c1-12(15(17)14-6-4-3-5-7-14)16(21)19-10-8-18(9-11-19)13(2)20;/h3-7,12,15H,8-11,17H2,1-2H3;1H. The fourth-order valence-corrected chi connectivity index (χ4v) is 2.65. The fourth-order valence-electron chi connectivity index (χ4n) is 2.65. The van der Waals surface area contributed by atoms with Crippen LogP contribution >= 0.6 is 12.4 Å². The summed E-state index contributed by atoms with van der Waals surface area (Å²) in [6.07, 6.45) is 0. The van der Waals surface area contributed by atoms with E-state index < -0.39 is 0 Å². The van der Waals surface area contributed by atoms with Crippen molar-refractivity contribution in [1.29, 1.82) is 0 Å². The lowest BCUT2D eigenvalue weighted by atomic mass is 9.94. The highest BCUT2D eigenvalue weighted by molar-refractivity contribution is 5.85. The molecule has 122 valence electrons. The number of carbonyl (C=O) groups excluding carboxylic acids is 2. The molecule has 6 heteroatoms. The Morgan fingerprint density at radius 2 is 1.55 bits per heavy atom. The average Bonchev–Trinajstić information content (AvgIpc) is 2.53. The number of hydrogen-bond acceptors (Lipinski definition) is 3. The second-order valence-electron chi connectivity index (χ2n) is 5.56. The SMILES string of the molecule is CC(=O)N1CCN(C(=O)C(C)C(N)c2ccccc2)CC1.Cl. The topological polar surface area (TPSA) is 66.6 Å². The monoisotopic (exact) mass is 325 g/mol. The summed E-state index contributed by atoms with van der Waals surface area (Å²) in [7, 11) is 0. The molecule has 2 unspecified atom stereocenters.